The summed E-state index contributed by atoms with van der Waals surface area (Å²) in [5.74, 6) is -1.14. The Bertz CT molecular complexity index is 1790. The Balaban J connectivity index is 1.50. The molecule has 2 aromatic heterocycles. The smallest absolute Gasteiger partial charge is 0.319 e. The maximum Gasteiger partial charge on any atom is 0.319 e. The van der Waals surface area contributed by atoms with E-state index in [1.165, 1.54) is 12.1 Å². The number of ether oxygens (including phenoxy) is 1. The Morgan fingerprint density at radius 2 is 2.07 bits per heavy atom. The van der Waals surface area contributed by atoms with E-state index in [4.69, 9.17) is 32.8 Å². The maximum atomic E-state index is 16.7. The van der Waals surface area contributed by atoms with Crippen LogP contribution in [0.5, 0.6) is 6.01 Å². The van der Waals surface area contributed by atoms with Gasteiger partial charge in [0.05, 0.1) is 40.3 Å². The summed E-state index contributed by atoms with van der Waals surface area (Å²) in [6.07, 6.45) is 2.15. The Kier molecular flexibility index (Phi) is 8.38. The largest absolute Gasteiger partial charge is 0.462 e. The first-order valence-corrected chi connectivity index (χ1v) is 15.4. The fourth-order valence-electron chi connectivity index (χ4n) is 5.86. The van der Waals surface area contributed by atoms with Crippen molar-refractivity contribution in [2.75, 3.05) is 57.0 Å². The van der Waals surface area contributed by atoms with Crippen LogP contribution in [0.25, 0.3) is 32.2 Å². The number of hydrogen-bond acceptors (Lipinski definition) is 11. The molecule has 44 heavy (non-hydrogen) atoms. The molecule has 4 N–H and O–H groups in total. The number of anilines is 2. The van der Waals surface area contributed by atoms with Crippen molar-refractivity contribution < 1.29 is 18.3 Å². The van der Waals surface area contributed by atoms with Gasteiger partial charge in [-0.1, -0.05) is 22.9 Å². The van der Waals surface area contributed by atoms with E-state index >= 15 is 4.39 Å². The normalized spacial score (nSPS) is 17.3. The number of carbonyl (C=O) groups is 1. The van der Waals surface area contributed by atoms with E-state index in [1.54, 1.807) is 11.0 Å². The number of hydrogen-bond donors (Lipinski definition) is 2. The van der Waals surface area contributed by atoms with Crippen LogP contribution in [0.3, 0.4) is 0 Å². The number of nitriles is 1. The molecule has 0 radical (unpaired) electrons. The van der Waals surface area contributed by atoms with Gasteiger partial charge >= 0.3 is 6.01 Å². The molecule has 230 valence electrons. The van der Waals surface area contributed by atoms with Crippen LogP contribution in [0.15, 0.2) is 18.2 Å². The van der Waals surface area contributed by atoms with Crippen molar-refractivity contribution in [1.29, 1.82) is 5.26 Å². The highest BCUT2D eigenvalue weighted by Crippen LogP contribution is 2.43. The zero-order valence-electron chi connectivity index (χ0n) is 23.9. The number of thiazole rings is 1. The van der Waals surface area contributed by atoms with Gasteiger partial charge in [-0.2, -0.15) is 15.2 Å². The Hall–Kier alpha value is -3.90. The standard InChI is InChI=1S/C29H30ClF2N9O2S/c1-39-8-2-4-15(39)14-43-29-37-24-18(27(38-29)41(9-3-7-33)16-12-40(13-16)21(42)11-34)10-19(30)22(23(24)32)17-5-6-20(31)26-25(17)36-28(35)44-26/h5-6,10,15-16H,2-4,8-9,11-14,34H2,1H3,(H2,35,36)/t15-/m0/s1. The number of likely N-dealkylation sites (tertiary alicyclic amines) is 2. The molecule has 0 saturated carbocycles. The van der Waals surface area contributed by atoms with Crippen molar-refractivity contribution in [1.82, 2.24) is 24.8 Å². The van der Waals surface area contributed by atoms with Gasteiger partial charge in [0.25, 0.3) is 0 Å². The van der Waals surface area contributed by atoms with Crippen molar-refractivity contribution in [3.63, 3.8) is 0 Å². The van der Waals surface area contributed by atoms with Crippen LogP contribution >= 0.6 is 22.9 Å². The molecular formula is C29H30ClF2N9O2S. The summed E-state index contributed by atoms with van der Waals surface area (Å²) in [4.78, 5) is 31.3. The van der Waals surface area contributed by atoms with Crippen molar-refractivity contribution in [3.05, 3.63) is 34.9 Å². The first-order chi connectivity index (χ1) is 21.2. The molecule has 2 aliphatic heterocycles. The number of benzene rings is 2. The molecule has 15 heteroatoms. The number of halogens is 3. The second-order valence-corrected chi connectivity index (χ2v) is 12.4. The average molecular weight is 642 g/mol. The van der Waals surface area contributed by atoms with Gasteiger partial charge in [0.15, 0.2) is 10.9 Å². The van der Waals surface area contributed by atoms with Gasteiger partial charge in [-0.15, -0.1) is 0 Å². The zero-order valence-corrected chi connectivity index (χ0v) is 25.5. The number of likely N-dealkylation sites (N-methyl/N-ethyl adjacent to an activating group) is 1. The number of nitrogens with two attached hydrogens (primary N) is 2. The molecule has 6 rings (SSSR count). The molecule has 2 aromatic carbocycles. The molecule has 2 aliphatic rings. The monoisotopic (exact) mass is 641 g/mol. The van der Waals surface area contributed by atoms with Gasteiger partial charge in [0, 0.05) is 42.2 Å². The number of rotatable bonds is 9. The lowest BCUT2D eigenvalue weighted by molar-refractivity contribution is -0.133. The third kappa shape index (κ3) is 5.45. The van der Waals surface area contributed by atoms with E-state index in [2.05, 4.69) is 20.9 Å². The predicted molar refractivity (Wildman–Crippen MR) is 166 cm³/mol. The van der Waals surface area contributed by atoms with E-state index in [0.29, 0.717) is 30.9 Å². The van der Waals surface area contributed by atoms with Crippen LogP contribution in [0.2, 0.25) is 5.02 Å². The lowest BCUT2D eigenvalue weighted by Crippen LogP contribution is -2.62. The van der Waals surface area contributed by atoms with Crippen molar-refractivity contribution >= 4 is 60.9 Å². The molecule has 2 fully saturated rings. The van der Waals surface area contributed by atoms with Gasteiger partial charge in [-0.05, 0) is 44.6 Å². The summed E-state index contributed by atoms with van der Waals surface area (Å²) in [7, 11) is 2.02. The SMILES string of the molecule is CN1CCC[C@H]1COc1nc(N(CCC#N)C2CN(C(=O)CN)C2)c2cc(Cl)c(-c3ccc(F)c4sc(N)nc34)c(F)c2n1. The number of amides is 1. The summed E-state index contributed by atoms with van der Waals surface area (Å²) in [6.45, 7) is 2.14. The number of aromatic nitrogens is 3. The molecule has 0 bridgehead atoms. The summed E-state index contributed by atoms with van der Waals surface area (Å²) in [5, 5.41) is 9.90. The second kappa shape index (κ2) is 12.2. The van der Waals surface area contributed by atoms with Gasteiger partial charge in [0.2, 0.25) is 5.91 Å². The van der Waals surface area contributed by atoms with E-state index < -0.39 is 11.6 Å². The molecule has 0 spiro atoms. The zero-order chi connectivity index (χ0) is 31.1. The lowest BCUT2D eigenvalue weighted by Gasteiger charge is -2.45. The Labute approximate surface area is 261 Å². The highest BCUT2D eigenvalue weighted by molar-refractivity contribution is 7.22. The van der Waals surface area contributed by atoms with Crippen molar-refractivity contribution in [2.45, 2.75) is 31.3 Å². The topological polar surface area (TPSA) is 151 Å². The first-order valence-electron chi connectivity index (χ1n) is 14.2. The highest BCUT2D eigenvalue weighted by Gasteiger charge is 2.36. The van der Waals surface area contributed by atoms with Crippen molar-refractivity contribution in [2.24, 2.45) is 5.73 Å². The molecule has 0 aliphatic carbocycles. The van der Waals surface area contributed by atoms with E-state index in [1.807, 2.05) is 11.9 Å². The van der Waals surface area contributed by atoms with Crippen LogP contribution < -0.4 is 21.1 Å². The van der Waals surface area contributed by atoms with Gasteiger partial charge in [0.1, 0.15) is 23.8 Å². The minimum atomic E-state index is -0.757. The number of carbonyl (C=O) groups excluding carboxylic acids is 1. The number of nitrogens with zero attached hydrogens (tertiary/aromatic N) is 7. The van der Waals surface area contributed by atoms with Crippen LogP contribution in [-0.2, 0) is 4.79 Å². The quantitative estimate of drug-likeness (QED) is 0.276. The molecule has 1 amide bonds. The van der Waals surface area contributed by atoms with Crippen LogP contribution in [0.1, 0.15) is 19.3 Å². The third-order valence-electron chi connectivity index (χ3n) is 8.27. The third-order valence-corrected chi connectivity index (χ3v) is 9.46. The fraction of sp³-hybridized carbons (Fsp3) is 0.414. The van der Waals surface area contributed by atoms with Crippen molar-refractivity contribution in [3.8, 4) is 23.2 Å². The summed E-state index contributed by atoms with van der Waals surface area (Å²) >= 11 is 7.73. The number of nitrogen functional groups attached to an aromatic ring is 1. The maximum absolute atomic E-state index is 16.7. The minimum absolute atomic E-state index is 0.00692. The minimum Gasteiger partial charge on any atom is -0.462 e. The van der Waals surface area contributed by atoms with Crippen LogP contribution in [-0.4, -0.2) is 89.1 Å². The van der Waals surface area contributed by atoms with Crippen LogP contribution in [0, 0.1) is 23.0 Å². The summed E-state index contributed by atoms with van der Waals surface area (Å²) < 4.78 is 37.6. The Morgan fingerprint density at radius 1 is 1.27 bits per heavy atom. The average Bonchev–Trinajstić information content (AvgIpc) is 3.59. The van der Waals surface area contributed by atoms with Gasteiger partial charge in [-0.25, -0.2) is 13.8 Å². The molecule has 2 saturated heterocycles. The fourth-order valence-corrected chi connectivity index (χ4v) is 6.92. The second-order valence-electron chi connectivity index (χ2n) is 10.9. The summed E-state index contributed by atoms with van der Waals surface area (Å²) in [6, 6.07) is 6.27. The van der Waals surface area contributed by atoms with Gasteiger partial charge in [-0.3, -0.25) is 4.79 Å². The molecular weight excluding hydrogens is 612 g/mol. The molecule has 11 nitrogen and oxygen atoms in total. The lowest BCUT2D eigenvalue weighted by atomic mass is 10.0. The first kappa shape index (κ1) is 30.1. The number of fused-ring (bicyclic) bond motifs is 2. The predicted octanol–water partition coefficient (Wildman–Crippen LogP) is 3.78. The summed E-state index contributed by atoms with van der Waals surface area (Å²) in [5.41, 5.74) is 11.8. The van der Waals surface area contributed by atoms with E-state index in [-0.39, 0.29) is 80.5 Å². The Morgan fingerprint density at radius 3 is 2.77 bits per heavy atom. The van der Waals surface area contributed by atoms with Gasteiger partial charge < -0.3 is 30.9 Å². The molecule has 4 aromatic rings. The molecule has 1 atom stereocenters. The molecule has 0 unspecified atom stereocenters. The van der Waals surface area contributed by atoms with E-state index in [9.17, 15) is 14.4 Å². The van der Waals surface area contributed by atoms with E-state index in [0.717, 1.165) is 30.7 Å². The highest BCUT2D eigenvalue weighted by atomic mass is 35.5. The molecule has 4 heterocycles. The van der Waals surface area contributed by atoms with Crippen LogP contribution in [0.4, 0.5) is 19.7 Å².